The summed E-state index contributed by atoms with van der Waals surface area (Å²) in [6.07, 6.45) is 0.248. The largest absolute Gasteiger partial charge is 0.258 e. The zero-order valence-electron chi connectivity index (χ0n) is 6.86. The normalized spacial score (nSPS) is 11.4. The molecule has 0 bridgehead atoms. The highest BCUT2D eigenvalue weighted by molar-refractivity contribution is 6.29. The van der Waals surface area contributed by atoms with E-state index in [0.29, 0.717) is 5.52 Å². The lowest BCUT2D eigenvalue weighted by Crippen LogP contribution is -2.08. The predicted molar refractivity (Wildman–Crippen MR) is 46.3 cm³/mol. The van der Waals surface area contributed by atoms with Gasteiger partial charge >= 0.3 is 0 Å². The molecule has 0 atom stereocenters. The number of aromatic nitrogens is 4. The van der Waals surface area contributed by atoms with Crippen LogP contribution in [-0.4, -0.2) is 26.2 Å². The highest BCUT2D eigenvalue weighted by Crippen LogP contribution is 2.12. The molecule has 2 aromatic rings. The molecule has 0 fully saturated rings. The van der Waals surface area contributed by atoms with Gasteiger partial charge in [-0.2, -0.15) is 5.10 Å². The van der Waals surface area contributed by atoms with Gasteiger partial charge in [0.2, 0.25) is 0 Å². The number of nitrogens with zero attached hydrogens (tertiary/aromatic N) is 4. The molecular weight excluding hydrogens is 214 g/mol. The Morgan fingerprint density at radius 3 is 2.93 bits per heavy atom. The third-order valence-corrected chi connectivity index (χ3v) is 1.81. The Hall–Kier alpha value is -1.30. The van der Waals surface area contributed by atoms with Crippen molar-refractivity contribution in [2.45, 2.75) is 13.0 Å². The van der Waals surface area contributed by atoms with E-state index in [0.717, 1.165) is 4.68 Å². The maximum atomic E-state index is 12.1. The average Bonchev–Trinajstić information content (AvgIpc) is 2.47. The second-order valence-corrected chi connectivity index (χ2v) is 3.01. The Morgan fingerprint density at radius 2 is 2.21 bits per heavy atom. The first-order valence-electron chi connectivity index (χ1n) is 3.79. The van der Waals surface area contributed by atoms with Gasteiger partial charge in [-0.1, -0.05) is 11.6 Å². The van der Waals surface area contributed by atoms with Gasteiger partial charge in [0, 0.05) is 0 Å². The second-order valence-electron chi connectivity index (χ2n) is 2.62. The van der Waals surface area contributed by atoms with Crippen molar-refractivity contribution in [2.75, 3.05) is 0 Å². The third kappa shape index (κ3) is 1.65. The molecule has 0 aromatic carbocycles. The van der Waals surface area contributed by atoms with Gasteiger partial charge in [-0.25, -0.2) is 23.4 Å². The van der Waals surface area contributed by atoms with Crippen molar-refractivity contribution in [3.8, 4) is 0 Å². The van der Waals surface area contributed by atoms with Crippen LogP contribution < -0.4 is 0 Å². The van der Waals surface area contributed by atoms with Gasteiger partial charge in [0.15, 0.2) is 5.65 Å². The highest BCUT2D eigenvalue weighted by atomic mass is 35.5. The summed E-state index contributed by atoms with van der Waals surface area (Å²) >= 11 is 5.58. The van der Waals surface area contributed by atoms with Crippen LogP contribution in [0.1, 0.15) is 0 Å². The molecule has 0 unspecified atom stereocenters. The molecule has 2 heterocycles. The lowest BCUT2D eigenvalue weighted by atomic mass is 10.5. The van der Waals surface area contributed by atoms with Crippen LogP contribution in [0.2, 0.25) is 5.15 Å². The van der Waals surface area contributed by atoms with Crippen molar-refractivity contribution in [3.63, 3.8) is 0 Å². The molecular formula is C7H5ClF2N4. The molecule has 14 heavy (non-hydrogen) atoms. The van der Waals surface area contributed by atoms with Crippen LogP contribution in [0.4, 0.5) is 8.78 Å². The molecule has 2 rings (SSSR count). The van der Waals surface area contributed by atoms with Crippen LogP contribution in [0, 0.1) is 0 Å². The Morgan fingerprint density at radius 1 is 1.43 bits per heavy atom. The first kappa shape index (κ1) is 9.26. The van der Waals surface area contributed by atoms with Gasteiger partial charge in [0.25, 0.3) is 6.43 Å². The van der Waals surface area contributed by atoms with E-state index in [1.807, 2.05) is 0 Å². The minimum Gasteiger partial charge on any atom is -0.248 e. The fourth-order valence-electron chi connectivity index (χ4n) is 1.09. The molecule has 74 valence electrons. The van der Waals surface area contributed by atoms with Crippen LogP contribution >= 0.6 is 11.6 Å². The van der Waals surface area contributed by atoms with Crippen molar-refractivity contribution in [1.29, 1.82) is 0 Å². The smallest absolute Gasteiger partial charge is 0.248 e. The minimum atomic E-state index is -2.47. The minimum absolute atomic E-state index is 0.161. The lowest BCUT2D eigenvalue weighted by Gasteiger charge is -2.00. The molecule has 0 amide bonds. The number of hydrogen-bond donors (Lipinski definition) is 0. The third-order valence-electron chi connectivity index (χ3n) is 1.63. The van der Waals surface area contributed by atoms with Gasteiger partial charge in [0.1, 0.15) is 17.2 Å². The van der Waals surface area contributed by atoms with Gasteiger partial charge < -0.3 is 0 Å². The van der Waals surface area contributed by atoms with E-state index in [9.17, 15) is 8.78 Å². The summed E-state index contributed by atoms with van der Waals surface area (Å²) in [5, 5.41) is 3.89. The number of halogens is 3. The highest BCUT2D eigenvalue weighted by Gasteiger charge is 2.10. The second kappa shape index (κ2) is 3.45. The molecule has 0 radical (unpaired) electrons. The SMILES string of the molecule is FC(F)Cn1ncc2ncc(Cl)nc21. The summed E-state index contributed by atoms with van der Waals surface area (Å²) < 4.78 is 25.3. The molecule has 0 spiro atoms. The molecule has 0 aliphatic rings. The average molecular weight is 219 g/mol. The monoisotopic (exact) mass is 218 g/mol. The van der Waals surface area contributed by atoms with E-state index in [1.165, 1.54) is 12.4 Å². The number of rotatable bonds is 2. The van der Waals surface area contributed by atoms with E-state index in [2.05, 4.69) is 15.1 Å². The van der Waals surface area contributed by atoms with Gasteiger partial charge in [-0.15, -0.1) is 0 Å². The summed E-state index contributed by atoms with van der Waals surface area (Å²) in [5.41, 5.74) is 0.729. The van der Waals surface area contributed by atoms with E-state index in [4.69, 9.17) is 11.6 Å². The Labute approximate surface area is 82.5 Å². The molecule has 0 aliphatic heterocycles. The van der Waals surface area contributed by atoms with Crippen molar-refractivity contribution in [1.82, 2.24) is 19.7 Å². The van der Waals surface area contributed by atoms with Crippen molar-refractivity contribution in [3.05, 3.63) is 17.5 Å². The van der Waals surface area contributed by atoms with E-state index >= 15 is 0 Å². The summed E-state index contributed by atoms with van der Waals surface area (Å²) in [7, 11) is 0. The molecule has 4 nitrogen and oxygen atoms in total. The van der Waals surface area contributed by atoms with E-state index < -0.39 is 13.0 Å². The molecule has 0 saturated carbocycles. The summed E-state index contributed by atoms with van der Waals surface area (Å²) in [6.45, 7) is -0.501. The standard InChI is InChI=1S/C7H5ClF2N4/c8-5-2-11-4-1-12-14(3-6(9)10)7(4)13-5/h1-2,6H,3H2. The van der Waals surface area contributed by atoms with Crippen LogP contribution in [-0.2, 0) is 6.54 Å². The van der Waals surface area contributed by atoms with E-state index in [1.54, 1.807) is 0 Å². The molecule has 0 N–H and O–H groups in total. The van der Waals surface area contributed by atoms with Gasteiger partial charge in [-0.05, 0) is 0 Å². The predicted octanol–water partition coefficient (Wildman–Crippen LogP) is 1.74. The Kier molecular flexibility index (Phi) is 2.28. The van der Waals surface area contributed by atoms with Gasteiger partial charge in [-0.3, -0.25) is 0 Å². The maximum absolute atomic E-state index is 12.1. The zero-order chi connectivity index (χ0) is 10.1. The number of fused-ring (bicyclic) bond motifs is 1. The summed E-state index contributed by atoms with van der Waals surface area (Å²) in [6, 6.07) is 0. The molecule has 2 aromatic heterocycles. The molecule has 7 heteroatoms. The van der Waals surface area contributed by atoms with E-state index in [-0.39, 0.29) is 10.8 Å². The first-order chi connectivity index (χ1) is 6.66. The topological polar surface area (TPSA) is 43.6 Å². The number of alkyl halides is 2. The van der Waals surface area contributed by atoms with Crippen LogP contribution in [0.15, 0.2) is 12.4 Å². The maximum Gasteiger partial charge on any atom is 0.258 e. The number of hydrogen-bond acceptors (Lipinski definition) is 3. The van der Waals surface area contributed by atoms with Gasteiger partial charge in [0.05, 0.1) is 12.4 Å². The fraction of sp³-hybridized carbons (Fsp3) is 0.286. The quantitative estimate of drug-likeness (QED) is 0.771. The Bertz CT molecular complexity index is 456. The Balaban J connectivity index is 2.50. The zero-order valence-corrected chi connectivity index (χ0v) is 7.62. The first-order valence-corrected chi connectivity index (χ1v) is 4.17. The van der Waals surface area contributed by atoms with Crippen molar-refractivity contribution in [2.24, 2.45) is 0 Å². The fourth-order valence-corrected chi connectivity index (χ4v) is 1.22. The molecule has 0 saturated heterocycles. The summed E-state index contributed by atoms with van der Waals surface area (Å²) in [4.78, 5) is 7.74. The van der Waals surface area contributed by atoms with Crippen molar-refractivity contribution >= 4 is 22.8 Å². The van der Waals surface area contributed by atoms with Crippen molar-refractivity contribution < 1.29 is 8.78 Å². The molecule has 0 aliphatic carbocycles. The van der Waals surface area contributed by atoms with Crippen LogP contribution in [0.25, 0.3) is 11.2 Å². The lowest BCUT2D eigenvalue weighted by molar-refractivity contribution is 0.123. The van der Waals surface area contributed by atoms with Crippen LogP contribution in [0.5, 0.6) is 0 Å². The summed E-state index contributed by atoms with van der Waals surface area (Å²) in [5.74, 6) is 0. The van der Waals surface area contributed by atoms with Crippen LogP contribution in [0.3, 0.4) is 0 Å².